The van der Waals surface area contributed by atoms with Gasteiger partial charge in [-0.15, -0.1) is 31.4 Å². The first-order valence-electron chi connectivity index (χ1n) is 7.16. The van der Waals surface area contributed by atoms with E-state index in [0.29, 0.717) is 6.42 Å². The molecule has 0 unspecified atom stereocenters. The molecule has 1 atom stereocenters. The van der Waals surface area contributed by atoms with E-state index in [0.717, 1.165) is 31.8 Å². The topological polar surface area (TPSA) is 78.6 Å². The Hall–Kier alpha value is -1.05. The van der Waals surface area contributed by atoms with Crippen LogP contribution in [0.5, 0.6) is 5.75 Å². The second-order valence-electron chi connectivity index (χ2n) is 5.55. The van der Waals surface area contributed by atoms with E-state index < -0.39 is 4.92 Å². The third kappa shape index (κ3) is 5.22. The normalized spacial score (nSPS) is 15.8. The Morgan fingerprint density at radius 2 is 2.04 bits per heavy atom. The van der Waals surface area contributed by atoms with Crippen molar-refractivity contribution >= 4 is 42.1 Å². The van der Waals surface area contributed by atoms with Gasteiger partial charge in [-0.3, -0.25) is 15.0 Å². The zero-order valence-corrected chi connectivity index (χ0v) is 15.7. The summed E-state index contributed by atoms with van der Waals surface area (Å²) in [4.78, 5) is 13.0. The molecule has 0 radical (unpaired) electrons. The van der Waals surface area contributed by atoms with Crippen molar-refractivity contribution in [2.24, 2.45) is 0 Å². The average Bonchev–Trinajstić information content (AvgIpc) is 2.48. The molecule has 1 aliphatic rings. The van der Waals surface area contributed by atoms with E-state index in [1.807, 2.05) is 6.92 Å². The van der Waals surface area contributed by atoms with Crippen molar-refractivity contribution in [1.82, 2.24) is 10.2 Å². The fraction of sp³-hybridized carbons (Fsp3) is 0.467. The van der Waals surface area contributed by atoms with Crippen LogP contribution in [0.2, 0.25) is 5.02 Å². The lowest BCUT2D eigenvalue weighted by Crippen LogP contribution is -2.45. The maximum atomic E-state index is 11.4. The summed E-state index contributed by atoms with van der Waals surface area (Å²) in [5.74, 6) is -0.208. The van der Waals surface area contributed by atoms with Crippen molar-refractivity contribution in [2.75, 3.05) is 26.2 Å². The number of rotatable bonds is 5. The van der Waals surface area contributed by atoms with Crippen LogP contribution in [-0.2, 0) is 0 Å². The minimum absolute atomic E-state index is 0. The van der Waals surface area contributed by atoms with Crippen LogP contribution >= 0.6 is 36.4 Å². The Balaban J connectivity index is 0.00000264. The first-order chi connectivity index (χ1) is 10.4. The van der Waals surface area contributed by atoms with Crippen LogP contribution in [0.1, 0.15) is 24.9 Å². The number of halogens is 3. The van der Waals surface area contributed by atoms with Gasteiger partial charge in [-0.25, -0.2) is 0 Å². The Morgan fingerprint density at radius 3 is 2.54 bits per heavy atom. The van der Waals surface area contributed by atoms with Gasteiger partial charge in [-0.1, -0.05) is 17.2 Å². The Labute approximate surface area is 158 Å². The molecule has 0 aromatic heterocycles. The van der Waals surface area contributed by atoms with Gasteiger partial charge in [0.15, 0.2) is 0 Å². The lowest BCUT2D eigenvalue weighted by molar-refractivity contribution is -0.386. The first kappa shape index (κ1) is 22.9. The molecule has 9 heteroatoms. The largest absolute Gasteiger partial charge is 0.506 e. The summed E-state index contributed by atoms with van der Waals surface area (Å²) in [5, 5.41) is 25.1. The molecule has 2 N–H and O–H groups in total. The van der Waals surface area contributed by atoms with Crippen molar-refractivity contribution in [3.05, 3.63) is 45.0 Å². The van der Waals surface area contributed by atoms with Crippen LogP contribution in [0.25, 0.3) is 0 Å². The Kier molecular flexibility index (Phi) is 9.62. The number of nitrogens with one attached hydrogen (secondary N) is 1. The first-order valence-corrected chi connectivity index (χ1v) is 7.54. The van der Waals surface area contributed by atoms with Crippen LogP contribution in [0.15, 0.2) is 24.3 Å². The van der Waals surface area contributed by atoms with Gasteiger partial charge in [0.25, 0.3) is 5.69 Å². The molecule has 0 saturated carbocycles. The van der Waals surface area contributed by atoms with E-state index >= 15 is 0 Å². The smallest absolute Gasteiger partial charge is 0.278 e. The van der Waals surface area contributed by atoms with Gasteiger partial charge in [-0.2, -0.15) is 0 Å². The van der Waals surface area contributed by atoms with Gasteiger partial charge in [0.2, 0.25) is 0 Å². The molecule has 0 spiro atoms. The fourth-order valence-corrected chi connectivity index (χ4v) is 2.96. The summed E-state index contributed by atoms with van der Waals surface area (Å²) >= 11 is 5.98. The van der Waals surface area contributed by atoms with Gasteiger partial charge < -0.3 is 10.4 Å². The molecular formula is C15H22Cl3N3O3. The molecule has 1 aromatic carbocycles. The molecule has 6 nitrogen and oxygen atoms in total. The summed E-state index contributed by atoms with van der Waals surface area (Å²) in [6.07, 6.45) is 0.536. The molecule has 136 valence electrons. The zero-order chi connectivity index (χ0) is 16.3. The summed E-state index contributed by atoms with van der Waals surface area (Å²) < 4.78 is 0. The molecule has 0 aliphatic carbocycles. The predicted octanol–water partition coefficient (Wildman–Crippen LogP) is 3.71. The van der Waals surface area contributed by atoms with Crippen molar-refractivity contribution in [3.63, 3.8) is 0 Å². The monoisotopic (exact) mass is 397 g/mol. The van der Waals surface area contributed by atoms with Crippen molar-refractivity contribution < 1.29 is 10.0 Å². The van der Waals surface area contributed by atoms with Gasteiger partial charge in [0, 0.05) is 38.3 Å². The summed E-state index contributed by atoms with van der Waals surface area (Å²) in [7, 11) is 0. The predicted molar refractivity (Wildman–Crippen MR) is 101 cm³/mol. The van der Waals surface area contributed by atoms with E-state index in [1.165, 1.54) is 12.1 Å². The van der Waals surface area contributed by atoms with Gasteiger partial charge in [0.05, 0.1) is 15.5 Å². The highest BCUT2D eigenvalue weighted by Gasteiger charge is 2.32. The maximum Gasteiger partial charge on any atom is 0.278 e. The Morgan fingerprint density at radius 1 is 1.46 bits per heavy atom. The molecule has 0 bridgehead atoms. The van der Waals surface area contributed by atoms with Crippen LogP contribution in [-0.4, -0.2) is 41.1 Å². The highest BCUT2D eigenvalue weighted by Crippen LogP contribution is 2.42. The summed E-state index contributed by atoms with van der Waals surface area (Å²) in [5.41, 5.74) is 1.08. The highest BCUT2D eigenvalue weighted by atomic mass is 35.5. The lowest BCUT2D eigenvalue weighted by atomic mass is 9.95. The second kappa shape index (κ2) is 10.1. The number of hydrogen-bond donors (Lipinski definition) is 2. The third-order valence-electron chi connectivity index (χ3n) is 3.81. The van der Waals surface area contributed by atoms with Crippen LogP contribution < -0.4 is 5.32 Å². The number of phenolic OH excluding ortho intramolecular Hbond substituents is 1. The summed E-state index contributed by atoms with van der Waals surface area (Å²) in [6.45, 7) is 8.91. The number of aromatic hydroxyl groups is 1. The van der Waals surface area contributed by atoms with Gasteiger partial charge in [-0.05, 0) is 19.4 Å². The molecule has 1 heterocycles. The highest BCUT2D eigenvalue weighted by molar-refractivity contribution is 6.32. The van der Waals surface area contributed by atoms with Gasteiger partial charge in [0.1, 0.15) is 5.75 Å². The quantitative estimate of drug-likeness (QED) is 0.449. The molecular weight excluding hydrogens is 377 g/mol. The van der Waals surface area contributed by atoms with E-state index in [9.17, 15) is 15.2 Å². The van der Waals surface area contributed by atoms with E-state index in [4.69, 9.17) is 11.6 Å². The minimum Gasteiger partial charge on any atom is -0.506 e. The van der Waals surface area contributed by atoms with Crippen LogP contribution in [0.3, 0.4) is 0 Å². The van der Waals surface area contributed by atoms with E-state index in [2.05, 4.69) is 16.8 Å². The number of phenols is 1. The minimum atomic E-state index is -0.473. The molecule has 2 rings (SSSR count). The van der Waals surface area contributed by atoms with Crippen LogP contribution in [0.4, 0.5) is 5.69 Å². The number of hydrogen-bond acceptors (Lipinski definition) is 5. The molecule has 1 aliphatic heterocycles. The number of nitro benzene ring substituents is 1. The zero-order valence-electron chi connectivity index (χ0n) is 13.3. The van der Waals surface area contributed by atoms with Gasteiger partial charge >= 0.3 is 0 Å². The third-order valence-corrected chi connectivity index (χ3v) is 4.11. The number of benzene rings is 1. The van der Waals surface area contributed by atoms with E-state index in [1.54, 1.807) is 0 Å². The average molecular weight is 399 g/mol. The van der Waals surface area contributed by atoms with E-state index in [-0.39, 0.29) is 52.9 Å². The fourth-order valence-electron chi connectivity index (χ4n) is 2.80. The summed E-state index contributed by atoms with van der Waals surface area (Å²) in [6, 6.07) is 2.40. The SMILES string of the molecule is C=C(C)C[C@@H](c1c([N+](=O)[O-])ccc(Cl)c1O)N1CCNCC1.Cl.Cl. The number of piperazine rings is 1. The molecule has 0 amide bonds. The molecule has 1 saturated heterocycles. The van der Waals surface area contributed by atoms with Crippen molar-refractivity contribution in [1.29, 1.82) is 0 Å². The molecule has 1 fully saturated rings. The Bertz CT molecular complexity index is 593. The maximum absolute atomic E-state index is 11.4. The molecule has 24 heavy (non-hydrogen) atoms. The lowest BCUT2D eigenvalue weighted by Gasteiger charge is -2.35. The number of nitro groups is 1. The van der Waals surface area contributed by atoms with Crippen molar-refractivity contribution in [3.8, 4) is 5.75 Å². The molecule has 1 aromatic rings. The van der Waals surface area contributed by atoms with Crippen LogP contribution in [0, 0.1) is 10.1 Å². The second-order valence-corrected chi connectivity index (χ2v) is 5.96. The standard InChI is InChI=1S/C15H20ClN3O3.2ClH/c1-10(2)9-13(18-7-5-17-6-8-18)14-12(19(21)22)4-3-11(16)15(14)20;;/h3-4,13,17,20H,1,5-9H2,2H3;2*1H/t13-;;/m0../s1. The number of nitrogens with zero attached hydrogens (tertiary/aromatic N) is 2. The van der Waals surface area contributed by atoms with Crippen molar-refractivity contribution in [2.45, 2.75) is 19.4 Å².